The van der Waals surface area contributed by atoms with E-state index in [1.807, 2.05) is 0 Å². The van der Waals surface area contributed by atoms with Gasteiger partial charge in [-0.15, -0.1) is 0 Å². The lowest BCUT2D eigenvalue weighted by Crippen LogP contribution is -2.29. The highest BCUT2D eigenvalue weighted by molar-refractivity contribution is 6.07. The molecule has 0 bridgehead atoms. The molecule has 0 saturated heterocycles. The van der Waals surface area contributed by atoms with Gasteiger partial charge in [-0.25, -0.2) is 4.39 Å². The van der Waals surface area contributed by atoms with Crippen LogP contribution in [-0.2, 0) is 6.42 Å². The van der Waals surface area contributed by atoms with Gasteiger partial charge in [-0.1, -0.05) is 6.07 Å². The SMILES string of the molecule is COc1cc(C(=O)N2CCc3ccc(F)cc32)ccc1N. The van der Waals surface area contributed by atoms with Crippen molar-refractivity contribution >= 4 is 17.3 Å². The maximum atomic E-state index is 13.4. The molecule has 0 atom stereocenters. The summed E-state index contributed by atoms with van der Waals surface area (Å²) >= 11 is 0. The van der Waals surface area contributed by atoms with Crippen molar-refractivity contribution in [2.45, 2.75) is 6.42 Å². The average molecular weight is 286 g/mol. The predicted molar refractivity (Wildman–Crippen MR) is 79.2 cm³/mol. The maximum absolute atomic E-state index is 13.4. The number of halogens is 1. The number of rotatable bonds is 2. The molecule has 2 aromatic carbocycles. The molecule has 3 rings (SSSR count). The number of hydrogen-bond donors (Lipinski definition) is 1. The zero-order valence-electron chi connectivity index (χ0n) is 11.6. The normalized spacial score (nSPS) is 13.1. The third kappa shape index (κ3) is 2.31. The fraction of sp³-hybridized carbons (Fsp3) is 0.188. The van der Waals surface area contributed by atoms with Crippen LogP contribution in [0.4, 0.5) is 15.8 Å². The van der Waals surface area contributed by atoms with E-state index in [1.165, 1.54) is 19.2 Å². The minimum absolute atomic E-state index is 0.183. The number of hydrogen-bond acceptors (Lipinski definition) is 3. The van der Waals surface area contributed by atoms with Crippen molar-refractivity contribution in [3.8, 4) is 5.75 Å². The van der Waals surface area contributed by atoms with Crippen molar-refractivity contribution < 1.29 is 13.9 Å². The van der Waals surface area contributed by atoms with Crippen LogP contribution in [0.15, 0.2) is 36.4 Å². The fourth-order valence-corrected chi connectivity index (χ4v) is 2.56. The van der Waals surface area contributed by atoms with E-state index in [0.717, 1.165) is 12.0 Å². The summed E-state index contributed by atoms with van der Waals surface area (Å²) in [6, 6.07) is 9.43. The Balaban J connectivity index is 1.96. The molecule has 0 aromatic heterocycles. The van der Waals surface area contributed by atoms with Crippen LogP contribution in [0.3, 0.4) is 0 Å². The molecule has 4 nitrogen and oxygen atoms in total. The van der Waals surface area contributed by atoms with Crippen LogP contribution in [0.2, 0.25) is 0 Å². The molecule has 0 aliphatic carbocycles. The van der Waals surface area contributed by atoms with Crippen molar-refractivity contribution in [1.82, 2.24) is 0 Å². The molecular weight excluding hydrogens is 271 g/mol. The molecule has 1 heterocycles. The minimum Gasteiger partial charge on any atom is -0.495 e. The van der Waals surface area contributed by atoms with E-state index in [4.69, 9.17) is 10.5 Å². The second-order valence-corrected chi connectivity index (χ2v) is 4.94. The van der Waals surface area contributed by atoms with Gasteiger partial charge in [0.15, 0.2) is 0 Å². The average Bonchev–Trinajstić information content (AvgIpc) is 2.90. The van der Waals surface area contributed by atoms with E-state index in [-0.39, 0.29) is 11.7 Å². The molecule has 1 amide bonds. The molecule has 2 N–H and O–H groups in total. The van der Waals surface area contributed by atoms with Gasteiger partial charge in [0, 0.05) is 12.1 Å². The first-order valence-corrected chi connectivity index (χ1v) is 6.64. The Labute approximate surface area is 121 Å². The van der Waals surface area contributed by atoms with Gasteiger partial charge in [0.05, 0.1) is 18.5 Å². The second kappa shape index (κ2) is 5.09. The highest BCUT2D eigenvalue weighted by Crippen LogP contribution is 2.31. The van der Waals surface area contributed by atoms with Crippen molar-refractivity contribution in [2.75, 3.05) is 24.3 Å². The van der Waals surface area contributed by atoms with Gasteiger partial charge in [-0.3, -0.25) is 4.79 Å². The van der Waals surface area contributed by atoms with Crippen molar-refractivity contribution in [2.24, 2.45) is 0 Å². The van der Waals surface area contributed by atoms with Crippen LogP contribution in [0.25, 0.3) is 0 Å². The molecule has 21 heavy (non-hydrogen) atoms. The fourth-order valence-electron chi connectivity index (χ4n) is 2.56. The Kier molecular flexibility index (Phi) is 3.25. The standard InChI is InChI=1S/C16H15FN2O2/c1-21-15-8-11(3-5-13(15)18)16(20)19-7-6-10-2-4-12(17)9-14(10)19/h2-5,8-9H,6-7,18H2,1H3. The first-order chi connectivity index (χ1) is 10.1. The van der Waals surface area contributed by atoms with Crippen molar-refractivity contribution in [3.05, 3.63) is 53.3 Å². The predicted octanol–water partition coefficient (Wildman–Crippen LogP) is 2.62. The molecule has 0 fully saturated rings. The molecular formula is C16H15FN2O2. The van der Waals surface area contributed by atoms with Crippen LogP contribution in [0.5, 0.6) is 5.75 Å². The van der Waals surface area contributed by atoms with Gasteiger partial charge in [-0.2, -0.15) is 0 Å². The summed E-state index contributed by atoms with van der Waals surface area (Å²) in [6.45, 7) is 0.546. The number of carbonyl (C=O) groups excluding carboxylic acids is 1. The van der Waals surface area contributed by atoms with Crippen LogP contribution in [-0.4, -0.2) is 19.6 Å². The van der Waals surface area contributed by atoms with Gasteiger partial charge in [0.25, 0.3) is 5.91 Å². The number of nitrogens with two attached hydrogens (primary N) is 1. The Hall–Kier alpha value is -2.56. The highest BCUT2D eigenvalue weighted by Gasteiger charge is 2.26. The first-order valence-electron chi connectivity index (χ1n) is 6.64. The number of amides is 1. The van der Waals surface area contributed by atoms with Crippen LogP contribution >= 0.6 is 0 Å². The van der Waals surface area contributed by atoms with E-state index in [2.05, 4.69) is 0 Å². The lowest BCUT2D eigenvalue weighted by atomic mass is 10.1. The maximum Gasteiger partial charge on any atom is 0.258 e. The van der Waals surface area contributed by atoms with E-state index in [0.29, 0.717) is 29.2 Å². The lowest BCUT2D eigenvalue weighted by Gasteiger charge is -2.18. The molecule has 5 heteroatoms. The largest absolute Gasteiger partial charge is 0.495 e. The summed E-state index contributed by atoms with van der Waals surface area (Å²) in [5.74, 6) is -0.0690. The van der Waals surface area contributed by atoms with E-state index < -0.39 is 0 Å². The Morgan fingerprint density at radius 1 is 1.29 bits per heavy atom. The van der Waals surface area contributed by atoms with Crippen LogP contribution < -0.4 is 15.4 Å². The van der Waals surface area contributed by atoms with Crippen molar-refractivity contribution in [3.63, 3.8) is 0 Å². The molecule has 1 aliphatic heterocycles. The second-order valence-electron chi connectivity index (χ2n) is 4.94. The number of carbonyl (C=O) groups is 1. The number of methoxy groups -OCH3 is 1. The number of ether oxygens (including phenoxy) is 1. The zero-order chi connectivity index (χ0) is 15.0. The number of anilines is 2. The first kappa shape index (κ1) is 13.4. The number of nitrogens with zero attached hydrogens (tertiary/aromatic N) is 1. The topological polar surface area (TPSA) is 55.6 Å². The van der Waals surface area contributed by atoms with Crippen LogP contribution in [0, 0.1) is 5.82 Å². The highest BCUT2D eigenvalue weighted by atomic mass is 19.1. The molecule has 0 unspecified atom stereocenters. The Bertz CT molecular complexity index is 715. The minimum atomic E-state index is -0.344. The van der Waals surface area contributed by atoms with E-state index in [1.54, 1.807) is 29.2 Å². The quantitative estimate of drug-likeness (QED) is 0.863. The lowest BCUT2D eigenvalue weighted by molar-refractivity contribution is 0.0989. The number of nitrogen functional groups attached to an aromatic ring is 1. The number of benzene rings is 2. The van der Waals surface area contributed by atoms with Gasteiger partial charge in [-0.05, 0) is 42.3 Å². The molecule has 108 valence electrons. The third-order valence-electron chi connectivity index (χ3n) is 3.67. The monoisotopic (exact) mass is 286 g/mol. The number of fused-ring (bicyclic) bond motifs is 1. The zero-order valence-corrected chi connectivity index (χ0v) is 11.6. The van der Waals surface area contributed by atoms with Crippen molar-refractivity contribution in [1.29, 1.82) is 0 Å². The summed E-state index contributed by atoms with van der Waals surface area (Å²) in [5, 5.41) is 0. The molecule has 2 aromatic rings. The van der Waals surface area contributed by atoms with Gasteiger partial charge in [0.1, 0.15) is 11.6 Å². The van der Waals surface area contributed by atoms with E-state index >= 15 is 0 Å². The smallest absolute Gasteiger partial charge is 0.258 e. The summed E-state index contributed by atoms with van der Waals surface area (Å²) in [6.07, 6.45) is 0.730. The van der Waals surface area contributed by atoms with Gasteiger partial charge >= 0.3 is 0 Å². The third-order valence-corrected chi connectivity index (χ3v) is 3.67. The summed E-state index contributed by atoms with van der Waals surface area (Å²) in [4.78, 5) is 14.2. The van der Waals surface area contributed by atoms with Gasteiger partial charge < -0.3 is 15.4 Å². The Morgan fingerprint density at radius 2 is 2.10 bits per heavy atom. The summed E-state index contributed by atoms with van der Waals surface area (Å²) in [7, 11) is 1.50. The molecule has 0 radical (unpaired) electrons. The summed E-state index contributed by atoms with van der Waals surface area (Å²) in [5.41, 5.74) is 8.31. The Morgan fingerprint density at radius 3 is 2.86 bits per heavy atom. The molecule has 0 spiro atoms. The van der Waals surface area contributed by atoms with E-state index in [9.17, 15) is 9.18 Å². The van der Waals surface area contributed by atoms with Crippen LogP contribution in [0.1, 0.15) is 15.9 Å². The molecule has 0 saturated carbocycles. The molecule has 1 aliphatic rings. The summed E-state index contributed by atoms with van der Waals surface area (Å²) < 4.78 is 18.5. The van der Waals surface area contributed by atoms with Gasteiger partial charge in [0.2, 0.25) is 0 Å².